The molecule has 1 N–H and O–H groups in total. The second-order valence-corrected chi connectivity index (χ2v) is 12.3. The molecular weight excluding hydrogens is 530 g/mol. The summed E-state index contributed by atoms with van der Waals surface area (Å²) >= 11 is 0. The molecule has 8 heteroatoms. The quantitative estimate of drug-likeness (QED) is 0.219. The largest absolute Gasteiger partial charge is 0.396 e. The van der Waals surface area contributed by atoms with E-state index in [0.717, 1.165) is 37.7 Å². The Bertz CT molecular complexity index is 1130. The van der Waals surface area contributed by atoms with E-state index in [-0.39, 0.29) is 24.3 Å². The fraction of sp³-hybridized carbons (Fsp3) is 0.618. The van der Waals surface area contributed by atoms with Crippen molar-refractivity contribution in [1.29, 1.82) is 0 Å². The minimum Gasteiger partial charge on any atom is -0.396 e. The maximum atomic E-state index is 14.4. The average molecular weight is 580 g/mol. The predicted octanol–water partition coefficient (Wildman–Crippen LogP) is 4.33. The Labute approximate surface area is 251 Å². The van der Waals surface area contributed by atoms with Crippen LogP contribution in [0.2, 0.25) is 0 Å². The van der Waals surface area contributed by atoms with Gasteiger partial charge < -0.3 is 24.5 Å². The van der Waals surface area contributed by atoms with Gasteiger partial charge >= 0.3 is 0 Å². The van der Waals surface area contributed by atoms with Crippen molar-refractivity contribution in [2.45, 2.75) is 89.0 Å². The second kappa shape index (κ2) is 14.0. The van der Waals surface area contributed by atoms with Crippen LogP contribution in [0.3, 0.4) is 0 Å². The summed E-state index contributed by atoms with van der Waals surface area (Å²) in [6.45, 7) is 14.1. The van der Waals surface area contributed by atoms with E-state index in [9.17, 15) is 19.5 Å². The monoisotopic (exact) mass is 579 g/mol. The predicted molar refractivity (Wildman–Crippen MR) is 163 cm³/mol. The highest BCUT2D eigenvalue weighted by Crippen LogP contribution is 2.63. The lowest BCUT2D eigenvalue weighted by Crippen LogP contribution is -2.56. The summed E-state index contributed by atoms with van der Waals surface area (Å²) in [5.41, 5.74) is -0.860. The fourth-order valence-corrected chi connectivity index (χ4v) is 7.43. The van der Waals surface area contributed by atoms with Crippen LogP contribution in [0.5, 0.6) is 0 Å². The van der Waals surface area contributed by atoms with Gasteiger partial charge in [0, 0.05) is 39.3 Å². The number of unbranched alkanes of at least 4 members (excludes halogenated alkanes) is 4. The Morgan fingerprint density at radius 2 is 1.71 bits per heavy atom. The summed E-state index contributed by atoms with van der Waals surface area (Å²) < 4.78 is 6.85. The Morgan fingerprint density at radius 3 is 2.38 bits per heavy atom. The molecule has 3 aliphatic rings. The zero-order chi connectivity index (χ0) is 30.3. The van der Waals surface area contributed by atoms with Crippen molar-refractivity contribution in [1.82, 2.24) is 14.7 Å². The van der Waals surface area contributed by atoms with Crippen LogP contribution in [0, 0.1) is 11.8 Å². The molecule has 0 aliphatic carbocycles. The highest BCUT2D eigenvalue weighted by Gasteiger charge is 2.78. The molecule has 0 saturated carbocycles. The molecule has 2 bridgehead atoms. The van der Waals surface area contributed by atoms with Crippen molar-refractivity contribution in [3.8, 4) is 0 Å². The molecular formula is C34H49N3O5. The van der Waals surface area contributed by atoms with E-state index in [1.807, 2.05) is 37.3 Å². The number of likely N-dealkylation sites (tertiary alicyclic amines) is 1. The van der Waals surface area contributed by atoms with Gasteiger partial charge in [-0.05, 0) is 44.6 Å². The normalized spacial score (nSPS) is 27.6. The van der Waals surface area contributed by atoms with Crippen LogP contribution in [0.25, 0.3) is 0 Å². The third-order valence-electron chi connectivity index (χ3n) is 9.40. The van der Waals surface area contributed by atoms with Gasteiger partial charge in [-0.2, -0.15) is 0 Å². The number of hydrogen-bond acceptors (Lipinski definition) is 5. The van der Waals surface area contributed by atoms with Crippen molar-refractivity contribution < 1.29 is 24.2 Å². The molecule has 1 spiro atoms. The standard InChI is InChI=1S/C34H49N3O5/c1-5-8-22-35(20-6-2)32(41)29-34-19-18-33(4,42-34)27(28(34)31(40)37(29)23-14-9-10-15-24-38)30(39)36(21-7-3)25-26-16-12-11-13-17-26/h6-7,11-13,16-17,27-29,38H,2-3,5,8-10,14-15,18-25H2,1,4H3/t27-,28+,29?,33+,34?/m1/s1. The highest BCUT2D eigenvalue weighted by molar-refractivity contribution is 5.99. The first kappa shape index (κ1) is 32.0. The van der Waals surface area contributed by atoms with E-state index in [2.05, 4.69) is 20.1 Å². The summed E-state index contributed by atoms with van der Waals surface area (Å²) in [6.07, 6.45) is 9.57. The zero-order valence-electron chi connectivity index (χ0n) is 25.5. The lowest BCUT2D eigenvalue weighted by Gasteiger charge is -2.37. The number of nitrogens with zero attached hydrogens (tertiary/aromatic N) is 3. The van der Waals surface area contributed by atoms with Gasteiger partial charge in [0.2, 0.25) is 17.7 Å². The molecule has 3 aliphatic heterocycles. The van der Waals surface area contributed by atoms with Crippen LogP contribution >= 0.6 is 0 Å². The number of amides is 3. The molecule has 8 nitrogen and oxygen atoms in total. The summed E-state index contributed by atoms with van der Waals surface area (Å²) in [5.74, 6) is -1.77. The van der Waals surface area contributed by atoms with Crippen molar-refractivity contribution in [3.05, 3.63) is 61.2 Å². The SMILES string of the molecule is C=CCN(CCCC)C(=O)C1N(CCCCCCO)C(=O)[C@@H]2[C@H](C(=O)N(CC=C)Cc3ccccc3)[C@]3(C)CCC12O3. The Balaban J connectivity index is 1.69. The Morgan fingerprint density at radius 1 is 1.02 bits per heavy atom. The van der Waals surface area contributed by atoms with Crippen molar-refractivity contribution in [2.75, 3.05) is 32.8 Å². The van der Waals surface area contributed by atoms with E-state index in [0.29, 0.717) is 52.0 Å². The van der Waals surface area contributed by atoms with Crippen LogP contribution in [0.15, 0.2) is 55.6 Å². The van der Waals surface area contributed by atoms with Gasteiger partial charge in [-0.25, -0.2) is 0 Å². The molecule has 3 heterocycles. The number of aliphatic hydroxyl groups is 1. The summed E-state index contributed by atoms with van der Waals surface area (Å²) in [5, 5.41) is 9.20. The number of ether oxygens (including phenoxy) is 1. The van der Waals surface area contributed by atoms with E-state index in [1.165, 1.54) is 0 Å². The first-order valence-corrected chi connectivity index (χ1v) is 15.7. The van der Waals surface area contributed by atoms with Gasteiger partial charge in [0.05, 0.1) is 17.4 Å². The molecule has 42 heavy (non-hydrogen) atoms. The zero-order valence-corrected chi connectivity index (χ0v) is 25.5. The third-order valence-corrected chi connectivity index (χ3v) is 9.40. The molecule has 4 rings (SSSR count). The third kappa shape index (κ3) is 6.06. The molecule has 3 fully saturated rings. The van der Waals surface area contributed by atoms with Crippen molar-refractivity contribution in [2.24, 2.45) is 11.8 Å². The molecule has 1 aromatic carbocycles. The topological polar surface area (TPSA) is 90.4 Å². The maximum absolute atomic E-state index is 14.4. The van der Waals surface area contributed by atoms with Gasteiger partial charge in [-0.15, -0.1) is 13.2 Å². The Hall–Kier alpha value is -2.97. The van der Waals surface area contributed by atoms with Crippen molar-refractivity contribution >= 4 is 17.7 Å². The summed E-state index contributed by atoms with van der Waals surface area (Å²) in [6, 6.07) is 9.05. The minimum absolute atomic E-state index is 0.112. The lowest BCUT2D eigenvalue weighted by atomic mass is 9.66. The number of rotatable bonds is 17. The van der Waals surface area contributed by atoms with E-state index in [4.69, 9.17) is 4.74 Å². The van der Waals surface area contributed by atoms with Crippen LogP contribution in [-0.2, 0) is 25.7 Å². The van der Waals surface area contributed by atoms with Gasteiger partial charge in [0.1, 0.15) is 11.6 Å². The van der Waals surface area contributed by atoms with E-state index >= 15 is 0 Å². The van der Waals surface area contributed by atoms with Crippen LogP contribution in [0.1, 0.15) is 70.8 Å². The second-order valence-electron chi connectivity index (χ2n) is 12.3. The van der Waals surface area contributed by atoms with E-state index < -0.39 is 29.1 Å². The molecule has 3 amide bonds. The number of hydrogen-bond donors (Lipinski definition) is 1. The molecule has 230 valence electrons. The highest BCUT2D eigenvalue weighted by atomic mass is 16.5. The molecule has 5 atom stereocenters. The maximum Gasteiger partial charge on any atom is 0.248 e. The van der Waals surface area contributed by atoms with E-state index in [1.54, 1.807) is 26.9 Å². The fourth-order valence-electron chi connectivity index (χ4n) is 7.43. The first-order chi connectivity index (χ1) is 20.3. The average Bonchev–Trinajstić information content (AvgIpc) is 3.55. The van der Waals surface area contributed by atoms with Gasteiger partial charge in [0.25, 0.3) is 0 Å². The number of fused-ring (bicyclic) bond motifs is 1. The molecule has 2 unspecified atom stereocenters. The number of carbonyl (C=O) groups is 3. The van der Waals surface area contributed by atoms with Gasteiger partial charge in [-0.1, -0.05) is 68.7 Å². The van der Waals surface area contributed by atoms with Gasteiger partial charge in [0.15, 0.2) is 0 Å². The summed E-state index contributed by atoms with van der Waals surface area (Å²) in [7, 11) is 0. The van der Waals surface area contributed by atoms with Crippen LogP contribution < -0.4 is 0 Å². The summed E-state index contributed by atoms with van der Waals surface area (Å²) in [4.78, 5) is 48.5. The van der Waals surface area contributed by atoms with Gasteiger partial charge in [-0.3, -0.25) is 14.4 Å². The smallest absolute Gasteiger partial charge is 0.248 e. The van der Waals surface area contributed by atoms with Crippen molar-refractivity contribution in [3.63, 3.8) is 0 Å². The molecule has 0 radical (unpaired) electrons. The Kier molecular flexibility index (Phi) is 10.7. The lowest BCUT2D eigenvalue weighted by molar-refractivity contribution is -0.153. The number of aliphatic hydroxyl groups excluding tert-OH is 1. The molecule has 0 aromatic heterocycles. The minimum atomic E-state index is -1.04. The number of benzene rings is 1. The number of carbonyl (C=O) groups excluding carboxylic acids is 3. The van der Waals surface area contributed by atoms with Crippen LogP contribution in [0.4, 0.5) is 0 Å². The molecule has 1 aromatic rings. The van der Waals surface area contributed by atoms with Crippen LogP contribution in [-0.4, -0.2) is 87.6 Å². The molecule has 3 saturated heterocycles. The first-order valence-electron chi connectivity index (χ1n) is 15.7.